The van der Waals surface area contributed by atoms with Crippen molar-refractivity contribution in [1.29, 1.82) is 0 Å². The smallest absolute Gasteiger partial charge is 0.145 e. The molecule has 1 unspecified atom stereocenters. The number of fused-ring (bicyclic) bond motifs is 18. The summed E-state index contributed by atoms with van der Waals surface area (Å²) in [4.78, 5) is 11.8. The van der Waals surface area contributed by atoms with Crippen LogP contribution in [-0.4, -0.2) is 19.1 Å². The lowest BCUT2D eigenvalue weighted by atomic mass is 9.81. The van der Waals surface area contributed by atoms with Crippen molar-refractivity contribution >= 4 is 43.6 Å². The maximum Gasteiger partial charge on any atom is 0.145 e. The summed E-state index contributed by atoms with van der Waals surface area (Å²) >= 11 is 0. The lowest BCUT2D eigenvalue weighted by Crippen LogP contribution is -2.16. The summed E-state index contributed by atoms with van der Waals surface area (Å²) in [6.45, 7) is 14.3. The molecule has 9 aromatic carbocycles. The fourth-order valence-corrected chi connectivity index (χ4v) is 14.3. The monoisotopic (exact) mass is 922 g/mol. The Balaban J connectivity index is 1.01. The van der Waals surface area contributed by atoms with Crippen molar-refractivity contribution in [3.05, 3.63) is 238 Å². The minimum atomic E-state index is -0.212. The highest BCUT2D eigenvalue weighted by molar-refractivity contribution is 6.13. The second kappa shape index (κ2) is 13.5. The molecular formula is C68H50N4. The molecule has 4 nitrogen and oxygen atoms in total. The third kappa shape index (κ3) is 4.97. The first kappa shape index (κ1) is 40.4. The molecule has 4 aliphatic rings. The number of benzene rings is 9. The molecule has 0 fully saturated rings. The van der Waals surface area contributed by atoms with E-state index in [0.29, 0.717) is 0 Å². The zero-order chi connectivity index (χ0) is 48.2. The quantitative estimate of drug-likeness (QED) is 0.177. The third-order valence-electron chi connectivity index (χ3n) is 17.8. The highest BCUT2D eigenvalue weighted by Crippen LogP contribution is 2.57. The largest absolute Gasteiger partial charge is 0.294 e. The molecule has 1 atom stereocenters. The number of aromatic nitrogens is 4. The first-order chi connectivity index (χ1) is 35.0. The molecule has 4 aliphatic carbocycles. The van der Waals surface area contributed by atoms with Crippen molar-refractivity contribution in [3.63, 3.8) is 0 Å². The summed E-state index contributed by atoms with van der Waals surface area (Å²) in [6, 6.07) is 70.8. The van der Waals surface area contributed by atoms with Crippen LogP contribution in [0.15, 0.2) is 188 Å². The molecule has 0 saturated heterocycles. The van der Waals surface area contributed by atoms with Crippen LogP contribution in [0.4, 0.5) is 0 Å². The Hall–Kier alpha value is -8.34. The van der Waals surface area contributed by atoms with Crippen LogP contribution in [-0.2, 0) is 16.2 Å². The Bertz CT molecular complexity index is 4240. The van der Waals surface area contributed by atoms with E-state index in [1.165, 1.54) is 111 Å². The summed E-state index contributed by atoms with van der Waals surface area (Å²) in [7, 11) is 0. The molecule has 0 radical (unpaired) electrons. The first-order valence-electron chi connectivity index (χ1n) is 25.6. The van der Waals surface area contributed by atoms with E-state index in [1.807, 2.05) is 0 Å². The lowest BCUT2D eigenvalue weighted by Gasteiger charge is -2.23. The second-order valence-electron chi connectivity index (χ2n) is 22.5. The predicted octanol–water partition coefficient (Wildman–Crippen LogP) is 16.8. The Morgan fingerprint density at radius 3 is 1.21 bits per heavy atom. The van der Waals surface area contributed by atoms with Crippen molar-refractivity contribution in [3.8, 4) is 56.1 Å². The van der Waals surface area contributed by atoms with E-state index in [4.69, 9.17) is 9.97 Å². The van der Waals surface area contributed by atoms with E-state index >= 15 is 0 Å². The molecule has 0 spiro atoms. The first-order valence-corrected chi connectivity index (χ1v) is 25.6. The van der Waals surface area contributed by atoms with Gasteiger partial charge in [-0.25, -0.2) is 9.97 Å². The molecule has 12 aromatic rings. The minimum Gasteiger partial charge on any atom is -0.294 e. The van der Waals surface area contributed by atoms with Gasteiger partial charge in [0.2, 0.25) is 0 Å². The van der Waals surface area contributed by atoms with Gasteiger partial charge in [-0.1, -0.05) is 181 Å². The molecule has 3 aromatic heterocycles. The molecule has 16 rings (SSSR count). The van der Waals surface area contributed by atoms with Crippen LogP contribution in [0.5, 0.6) is 0 Å². The molecule has 72 heavy (non-hydrogen) atoms. The zero-order valence-corrected chi connectivity index (χ0v) is 41.3. The maximum absolute atomic E-state index is 5.91. The van der Waals surface area contributed by atoms with Gasteiger partial charge in [0.05, 0.1) is 28.0 Å². The van der Waals surface area contributed by atoms with Crippen LogP contribution < -0.4 is 0 Å². The van der Waals surface area contributed by atoms with Crippen molar-refractivity contribution < 1.29 is 0 Å². The number of para-hydroxylation sites is 2. The van der Waals surface area contributed by atoms with Crippen LogP contribution in [0.1, 0.15) is 97.8 Å². The SMILES string of the molecule is CC1(C)c2ccccc2-c2cc3c(cc21)C(c1nc(-n2c4ccccc4c4cc5c(cc42)C(C)(C)c2ccccc2-5)cc(-n2c4ccccc4c4cc5c(cc42)C(C)(C)c2ccccc2-5)n1)c1ccccc1-3. The molecule has 4 heteroatoms. The summed E-state index contributed by atoms with van der Waals surface area (Å²) in [5.41, 5.74) is 25.1. The van der Waals surface area contributed by atoms with Crippen molar-refractivity contribution in [2.45, 2.75) is 63.7 Å². The minimum absolute atomic E-state index is 0.165. The van der Waals surface area contributed by atoms with Crippen LogP contribution in [0.25, 0.3) is 99.8 Å². The standard InChI is InChI=1S/C68H50N4/c1-66(2)52-26-14-9-20-39(52)46-31-45-38-19-7-8-25-44(38)64(51(45)34-55(46)66)65-69-62(71-58-29-17-12-23-42(58)49-32-47-40-21-10-15-27-53(40)67(3,4)56(47)35-60(49)71)37-63(70-65)72-59-30-18-13-24-43(59)50-33-48-41-22-11-16-28-54(41)68(5,6)57(48)36-61(50)72/h7-37,64H,1-6H3. The second-order valence-corrected chi connectivity index (χ2v) is 22.5. The summed E-state index contributed by atoms with van der Waals surface area (Å²) in [5.74, 6) is 2.29. The van der Waals surface area contributed by atoms with Crippen LogP contribution in [0, 0.1) is 0 Å². The van der Waals surface area contributed by atoms with Gasteiger partial charge in [-0.05, 0) is 131 Å². The van der Waals surface area contributed by atoms with E-state index in [9.17, 15) is 0 Å². The number of hydrogen-bond donors (Lipinski definition) is 0. The average molecular weight is 923 g/mol. The molecular weight excluding hydrogens is 873 g/mol. The summed E-state index contributed by atoms with van der Waals surface area (Å²) in [5, 5.41) is 4.87. The molecule has 0 N–H and O–H groups in total. The van der Waals surface area contributed by atoms with Crippen molar-refractivity contribution in [2.24, 2.45) is 0 Å². The van der Waals surface area contributed by atoms with Crippen molar-refractivity contribution in [1.82, 2.24) is 19.1 Å². The lowest BCUT2D eigenvalue weighted by molar-refractivity contribution is 0.659. The molecule has 0 bridgehead atoms. The molecule has 3 heterocycles. The van der Waals surface area contributed by atoms with Gasteiger partial charge in [-0.15, -0.1) is 0 Å². The molecule has 0 amide bonds. The van der Waals surface area contributed by atoms with E-state index in [0.717, 1.165) is 39.5 Å². The summed E-state index contributed by atoms with van der Waals surface area (Å²) < 4.78 is 4.88. The Kier molecular flexibility index (Phi) is 7.59. The van der Waals surface area contributed by atoms with Gasteiger partial charge in [-0.2, -0.15) is 0 Å². The Labute approximate surface area is 418 Å². The van der Waals surface area contributed by atoms with E-state index in [2.05, 4.69) is 239 Å². The van der Waals surface area contributed by atoms with Gasteiger partial charge in [0, 0.05) is 43.9 Å². The van der Waals surface area contributed by atoms with Gasteiger partial charge < -0.3 is 0 Å². The zero-order valence-electron chi connectivity index (χ0n) is 41.3. The van der Waals surface area contributed by atoms with E-state index in [1.54, 1.807) is 0 Å². The molecule has 0 aliphatic heterocycles. The number of rotatable bonds is 3. The van der Waals surface area contributed by atoms with E-state index in [-0.39, 0.29) is 22.2 Å². The maximum atomic E-state index is 5.91. The van der Waals surface area contributed by atoms with Gasteiger partial charge in [0.1, 0.15) is 17.5 Å². The number of nitrogens with zero attached hydrogens (tertiary/aromatic N) is 4. The summed E-state index contributed by atoms with van der Waals surface area (Å²) in [6.07, 6.45) is 0. The van der Waals surface area contributed by atoms with Gasteiger partial charge in [0.25, 0.3) is 0 Å². The van der Waals surface area contributed by atoms with Crippen molar-refractivity contribution in [2.75, 3.05) is 0 Å². The Morgan fingerprint density at radius 2 is 0.708 bits per heavy atom. The Morgan fingerprint density at radius 1 is 0.306 bits per heavy atom. The topological polar surface area (TPSA) is 35.6 Å². The fourth-order valence-electron chi connectivity index (χ4n) is 14.3. The normalized spacial score (nSPS) is 16.7. The van der Waals surface area contributed by atoms with Crippen LogP contribution >= 0.6 is 0 Å². The van der Waals surface area contributed by atoms with Crippen LogP contribution in [0.3, 0.4) is 0 Å². The highest BCUT2D eigenvalue weighted by atomic mass is 15.1. The van der Waals surface area contributed by atoms with Gasteiger partial charge in [-0.3, -0.25) is 9.13 Å². The fraction of sp³-hybridized carbons (Fsp3) is 0.147. The molecule has 0 saturated carbocycles. The third-order valence-corrected chi connectivity index (χ3v) is 17.8. The van der Waals surface area contributed by atoms with Gasteiger partial charge in [0.15, 0.2) is 0 Å². The predicted molar refractivity (Wildman–Crippen MR) is 296 cm³/mol. The van der Waals surface area contributed by atoms with Crippen LogP contribution in [0.2, 0.25) is 0 Å². The van der Waals surface area contributed by atoms with Gasteiger partial charge >= 0.3 is 0 Å². The number of hydrogen-bond acceptors (Lipinski definition) is 2. The molecule has 342 valence electrons. The highest BCUT2D eigenvalue weighted by Gasteiger charge is 2.42. The van der Waals surface area contributed by atoms with E-state index < -0.39 is 0 Å². The average Bonchev–Trinajstić information content (AvgIpc) is 4.18.